The van der Waals surface area contributed by atoms with E-state index in [0.29, 0.717) is 0 Å². The average molecular weight is 322 g/mol. The van der Waals surface area contributed by atoms with Gasteiger partial charge in [0.15, 0.2) is 5.65 Å². The zero-order valence-electron chi connectivity index (χ0n) is 12.3. The molecule has 4 aromatic heterocycles. The van der Waals surface area contributed by atoms with Gasteiger partial charge in [-0.15, -0.1) is 22.7 Å². The van der Waals surface area contributed by atoms with Crippen LogP contribution in [0.3, 0.4) is 0 Å². The Labute approximate surface area is 137 Å². The highest BCUT2D eigenvalue weighted by Gasteiger charge is 2.15. The lowest BCUT2D eigenvalue weighted by atomic mass is 10.0. The van der Waals surface area contributed by atoms with Crippen LogP contribution in [0.25, 0.3) is 31.9 Å². The SMILES string of the molecule is Cc1ccsc1-c1sccc1-c1cc2cccnc2nc1C. The molecule has 0 bridgehead atoms. The first-order valence-corrected chi connectivity index (χ1v) is 8.84. The minimum Gasteiger partial charge on any atom is -0.237 e. The lowest BCUT2D eigenvalue weighted by molar-refractivity contribution is 1.21. The van der Waals surface area contributed by atoms with Crippen molar-refractivity contribution in [3.63, 3.8) is 0 Å². The van der Waals surface area contributed by atoms with E-state index in [1.807, 2.05) is 6.07 Å². The Morgan fingerprint density at radius 3 is 2.55 bits per heavy atom. The summed E-state index contributed by atoms with van der Waals surface area (Å²) in [5, 5.41) is 5.41. The number of aromatic nitrogens is 2. The largest absolute Gasteiger partial charge is 0.237 e. The lowest BCUT2D eigenvalue weighted by Crippen LogP contribution is -1.91. The van der Waals surface area contributed by atoms with Gasteiger partial charge >= 0.3 is 0 Å². The van der Waals surface area contributed by atoms with Crippen LogP contribution in [0.4, 0.5) is 0 Å². The van der Waals surface area contributed by atoms with Crippen LogP contribution >= 0.6 is 22.7 Å². The highest BCUT2D eigenvalue weighted by atomic mass is 32.1. The summed E-state index contributed by atoms with van der Waals surface area (Å²) < 4.78 is 0. The van der Waals surface area contributed by atoms with Crippen LogP contribution in [-0.4, -0.2) is 9.97 Å². The minimum absolute atomic E-state index is 0.813. The van der Waals surface area contributed by atoms with Crippen LogP contribution in [0, 0.1) is 13.8 Å². The Morgan fingerprint density at radius 2 is 1.73 bits per heavy atom. The van der Waals surface area contributed by atoms with Crippen molar-refractivity contribution in [2.24, 2.45) is 0 Å². The normalized spacial score (nSPS) is 11.2. The smallest absolute Gasteiger partial charge is 0.159 e. The van der Waals surface area contributed by atoms with Crippen LogP contribution in [-0.2, 0) is 0 Å². The van der Waals surface area contributed by atoms with Crippen molar-refractivity contribution in [2.75, 3.05) is 0 Å². The van der Waals surface area contributed by atoms with Crippen molar-refractivity contribution < 1.29 is 0 Å². The number of rotatable bonds is 2. The first-order valence-electron chi connectivity index (χ1n) is 7.09. The molecule has 0 atom stereocenters. The Hall–Kier alpha value is -2.04. The molecule has 0 saturated carbocycles. The molecule has 2 nitrogen and oxygen atoms in total. The maximum Gasteiger partial charge on any atom is 0.159 e. The molecule has 0 fully saturated rings. The molecule has 0 aliphatic heterocycles. The number of thiophene rings is 2. The van der Waals surface area contributed by atoms with Gasteiger partial charge in [0.2, 0.25) is 0 Å². The molecule has 4 heteroatoms. The van der Waals surface area contributed by atoms with E-state index in [4.69, 9.17) is 0 Å². The molecular formula is C18H14N2S2. The highest BCUT2D eigenvalue weighted by molar-refractivity contribution is 7.21. The van der Waals surface area contributed by atoms with E-state index < -0.39 is 0 Å². The predicted molar refractivity (Wildman–Crippen MR) is 95.6 cm³/mol. The van der Waals surface area contributed by atoms with Gasteiger partial charge in [0, 0.05) is 33.3 Å². The molecule has 0 saturated heterocycles. The second kappa shape index (κ2) is 5.30. The predicted octanol–water partition coefficient (Wildman–Crippen LogP) is 5.70. The summed E-state index contributed by atoms with van der Waals surface area (Å²) >= 11 is 3.60. The molecule has 0 aromatic carbocycles. The first kappa shape index (κ1) is 13.6. The second-order valence-corrected chi connectivity index (χ2v) is 7.10. The summed E-state index contributed by atoms with van der Waals surface area (Å²) in [6.45, 7) is 4.23. The van der Waals surface area contributed by atoms with Gasteiger partial charge in [0.1, 0.15) is 0 Å². The molecule has 0 spiro atoms. The maximum atomic E-state index is 4.67. The van der Waals surface area contributed by atoms with E-state index in [1.54, 1.807) is 28.9 Å². The summed E-state index contributed by atoms with van der Waals surface area (Å²) in [6.07, 6.45) is 1.79. The van der Waals surface area contributed by atoms with Crippen LogP contribution < -0.4 is 0 Å². The molecule has 22 heavy (non-hydrogen) atoms. The molecule has 0 radical (unpaired) electrons. The summed E-state index contributed by atoms with van der Waals surface area (Å²) in [4.78, 5) is 11.7. The van der Waals surface area contributed by atoms with Gasteiger partial charge in [-0.25, -0.2) is 9.97 Å². The van der Waals surface area contributed by atoms with E-state index in [2.05, 4.69) is 58.8 Å². The Balaban J connectivity index is 1.95. The van der Waals surface area contributed by atoms with Gasteiger partial charge in [0.05, 0.1) is 4.88 Å². The van der Waals surface area contributed by atoms with Gasteiger partial charge in [0.25, 0.3) is 0 Å². The number of aryl methyl sites for hydroxylation is 2. The van der Waals surface area contributed by atoms with Gasteiger partial charge in [-0.05, 0) is 60.5 Å². The van der Waals surface area contributed by atoms with Crippen molar-refractivity contribution in [3.8, 4) is 20.9 Å². The topological polar surface area (TPSA) is 25.8 Å². The Bertz CT molecular complexity index is 966. The van der Waals surface area contributed by atoms with Crippen molar-refractivity contribution >= 4 is 33.7 Å². The molecule has 0 unspecified atom stereocenters. The molecule has 0 amide bonds. The van der Waals surface area contributed by atoms with Crippen molar-refractivity contribution in [1.29, 1.82) is 0 Å². The Morgan fingerprint density at radius 1 is 0.909 bits per heavy atom. The number of fused-ring (bicyclic) bond motifs is 1. The second-order valence-electron chi connectivity index (χ2n) is 5.27. The summed E-state index contributed by atoms with van der Waals surface area (Å²) in [6, 6.07) is 10.6. The summed E-state index contributed by atoms with van der Waals surface area (Å²) in [7, 11) is 0. The first-order chi connectivity index (χ1) is 10.7. The van der Waals surface area contributed by atoms with Gasteiger partial charge in [-0.3, -0.25) is 0 Å². The van der Waals surface area contributed by atoms with E-state index in [0.717, 1.165) is 16.7 Å². The quantitative estimate of drug-likeness (QED) is 0.473. The van der Waals surface area contributed by atoms with Crippen molar-refractivity contribution in [1.82, 2.24) is 9.97 Å². The third-order valence-corrected chi connectivity index (χ3v) is 5.90. The van der Waals surface area contributed by atoms with Gasteiger partial charge in [-0.2, -0.15) is 0 Å². The van der Waals surface area contributed by atoms with E-state index in [1.165, 1.54) is 26.4 Å². The summed E-state index contributed by atoms with van der Waals surface area (Å²) in [5.74, 6) is 0. The minimum atomic E-state index is 0.813. The zero-order valence-corrected chi connectivity index (χ0v) is 14.0. The highest BCUT2D eigenvalue weighted by Crippen LogP contribution is 2.42. The molecule has 0 aliphatic rings. The fraction of sp³-hybridized carbons (Fsp3) is 0.111. The fourth-order valence-corrected chi connectivity index (χ4v) is 4.75. The van der Waals surface area contributed by atoms with E-state index in [-0.39, 0.29) is 0 Å². The van der Waals surface area contributed by atoms with Gasteiger partial charge < -0.3 is 0 Å². The van der Waals surface area contributed by atoms with Crippen LogP contribution in [0.1, 0.15) is 11.3 Å². The molecular weight excluding hydrogens is 308 g/mol. The molecule has 4 aromatic rings. The Kier molecular flexibility index (Phi) is 3.28. The fourth-order valence-electron chi connectivity index (χ4n) is 2.67. The van der Waals surface area contributed by atoms with Crippen LogP contribution in [0.5, 0.6) is 0 Å². The third kappa shape index (κ3) is 2.16. The third-order valence-electron chi connectivity index (χ3n) is 3.80. The average Bonchev–Trinajstić information content (AvgIpc) is 3.14. The van der Waals surface area contributed by atoms with E-state index >= 15 is 0 Å². The monoisotopic (exact) mass is 322 g/mol. The lowest BCUT2D eigenvalue weighted by Gasteiger charge is -2.08. The number of pyridine rings is 2. The van der Waals surface area contributed by atoms with Crippen LogP contribution in [0.15, 0.2) is 47.3 Å². The molecule has 4 heterocycles. The van der Waals surface area contributed by atoms with Gasteiger partial charge in [-0.1, -0.05) is 0 Å². The molecule has 4 rings (SSSR count). The maximum absolute atomic E-state index is 4.67. The van der Waals surface area contributed by atoms with Crippen LogP contribution in [0.2, 0.25) is 0 Å². The van der Waals surface area contributed by atoms with Crippen molar-refractivity contribution in [2.45, 2.75) is 13.8 Å². The summed E-state index contributed by atoms with van der Waals surface area (Å²) in [5.41, 5.74) is 5.64. The molecule has 108 valence electrons. The number of hydrogen-bond donors (Lipinski definition) is 0. The molecule has 0 N–H and O–H groups in total. The van der Waals surface area contributed by atoms with Crippen molar-refractivity contribution in [3.05, 3.63) is 58.5 Å². The van der Waals surface area contributed by atoms with E-state index in [9.17, 15) is 0 Å². The number of nitrogens with zero attached hydrogens (tertiary/aromatic N) is 2. The zero-order chi connectivity index (χ0) is 15.1. The number of hydrogen-bond acceptors (Lipinski definition) is 4. The standard InChI is InChI=1S/C18H14N2S2/c1-11-5-8-21-16(11)17-14(6-9-22-17)15-10-13-4-3-7-19-18(13)20-12(15)2/h3-10H,1-2H3. The molecule has 0 aliphatic carbocycles.